The fourth-order valence-corrected chi connectivity index (χ4v) is 2.85. The van der Waals surface area contributed by atoms with Crippen molar-refractivity contribution in [2.45, 2.75) is 25.9 Å². The first-order valence-electron chi connectivity index (χ1n) is 9.10. The number of carbonyl (C=O) groups excluding carboxylic acids is 2. The van der Waals surface area contributed by atoms with Crippen molar-refractivity contribution >= 4 is 23.2 Å². The van der Waals surface area contributed by atoms with Gasteiger partial charge in [0, 0.05) is 25.2 Å². The van der Waals surface area contributed by atoms with Crippen molar-refractivity contribution in [2.24, 2.45) is 0 Å². The molecule has 0 aliphatic rings. The number of benzene rings is 2. The van der Waals surface area contributed by atoms with Crippen molar-refractivity contribution in [3.05, 3.63) is 72.1 Å². The zero-order valence-electron chi connectivity index (χ0n) is 16.0. The van der Waals surface area contributed by atoms with Crippen LogP contribution in [0.1, 0.15) is 24.5 Å². The largest absolute Gasteiger partial charge is 0.418 e. The van der Waals surface area contributed by atoms with Gasteiger partial charge in [0.05, 0.1) is 23.1 Å². The van der Waals surface area contributed by atoms with Crippen molar-refractivity contribution in [1.29, 1.82) is 0 Å². The van der Waals surface area contributed by atoms with E-state index in [2.05, 4.69) is 15.7 Å². The first-order chi connectivity index (χ1) is 14.2. The molecular weight excluding hydrogens is 397 g/mol. The van der Waals surface area contributed by atoms with E-state index < -0.39 is 23.6 Å². The van der Waals surface area contributed by atoms with Gasteiger partial charge in [0.15, 0.2) is 0 Å². The van der Waals surface area contributed by atoms with Gasteiger partial charge < -0.3 is 10.6 Å². The number of rotatable bonds is 6. The number of hydrogen-bond donors (Lipinski definition) is 2. The molecule has 3 aromatic rings. The van der Waals surface area contributed by atoms with Crippen LogP contribution in [0.25, 0.3) is 5.69 Å². The minimum atomic E-state index is -4.69. The molecule has 0 aliphatic carbocycles. The van der Waals surface area contributed by atoms with Crippen LogP contribution in [0, 0.1) is 0 Å². The Labute approximate surface area is 170 Å². The lowest BCUT2D eigenvalue weighted by Gasteiger charge is -2.15. The number of carbonyl (C=O) groups is 2. The number of amides is 2. The zero-order chi connectivity index (χ0) is 21.7. The van der Waals surface area contributed by atoms with E-state index in [9.17, 15) is 22.8 Å². The summed E-state index contributed by atoms with van der Waals surface area (Å²) in [6.45, 7) is 1.20. The molecule has 0 bridgehead atoms. The third-order valence-electron chi connectivity index (χ3n) is 4.22. The average Bonchev–Trinajstić information content (AvgIpc) is 3.16. The van der Waals surface area contributed by atoms with Gasteiger partial charge in [0.25, 0.3) is 0 Å². The summed E-state index contributed by atoms with van der Waals surface area (Å²) < 4.78 is 41.7. The van der Waals surface area contributed by atoms with Crippen LogP contribution in [0.5, 0.6) is 0 Å². The highest BCUT2D eigenvalue weighted by Crippen LogP contribution is 2.36. The topological polar surface area (TPSA) is 76.0 Å². The first kappa shape index (κ1) is 21.1. The lowest BCUT2D eigenvalue weighted by atomic mass is 10.1. The van der Waals surface area contributed by atoms with E-state index in [0.717, 1.165) is 23.4 Å². The first-order valence-corrected chi connectivity index (χ1v) is 9.10. The Balaban J connectivity index is 1.66. The van der Waals surface area contributed by atoms with Gasteiger partial charge in [-0.15, -0.1) is 0 Å². The number of nitrogens with zero attached hydrogens (tertiary/aromatic N) is 2. The molecule has 2 aromatic carbocycles. The summed E-state index contributed by atoms with van der Waals surface area (Å²) in [5.74, 6) is -1.05. The predicted octanol–water partition coefficient (Wildman–Crippen LogP) is 4.42. The number of alkyl halides is 3. The Morgan fingerprint density at radius 1 is 1.07 bits per heavy atom. The summed E-state index contributed by atoms with van der Waals surface area (Å²) in [5.41, 5.74) is 0.259. The van der Waals surface area contributed by atoms with Crippen molar-refractivity contribution in [3.63, 3.8) is 0 Å². The van der Waals surface area contributed by atoms with Crippen LogP contribution < -0.4 is 10.6 Å². The van der Waals surface area contributed by atoms with E-state index in [-0.39, 0.29) is 17.8 Å². The van der Waals surface area contributed by atoms with Crippen LogP contribution in [0.4, 0.5) is 24.5 Å². The molecule has 0 saturated carbocycles. The Kier molecular flexibility index (Phi) is 6.20. The number of nitrogens with one attached hydrogen (secondary N) is 2. The summed E-state index contributed by atoms with van der Waals surface area (Å²) in [4.78, 5) is 23.3. The third kappa shape index (κ3) is 5.47. The molecule has 0 radical (unpaired) electrons. The second kappa shape index (κ2) is 8.81. The molecule has 0 unspecified atom stereocenters. The van der Waals surface area contributed by atoms with Crippen LogP contribution in [-0.2, 0) is 22.2 Å². The summed E-state index contributed by atoms with van der Waals surface area (Å²) in [6.07, 6.45) is -0.987. The van der Waals surface area contributed by atoms with Crippen LogP contribution in [0.2, 0.25) is 0 Å². The second-order valence-corrected chi connectivity index (χ2v) is 6.62. The molecule has 1 aromatic heterocycles. The van der Waals surface area contributed by atoms with Gasteiger partial charge in [-0.1, -0.05) is 18.2 Å². The molecule has 2 N–H and O–H groups in total. The molecule has 30 heavy (non-hydrogen) atoms. The standard InChI is InChI=1S/C21H19F3N4O2/c1-14(29)26-16-8-9-19(18(11-16)21(22,23)24)27-20(30)10-7-15-12-25-28(13-15)17-5-3-2-4-6-17/h2-6,8-9,11-13H,7,10H2,1H3,(H,26,29)(H,27,30). The summed E-state index contributed by atoms with van der Waals surface area (Å²) >= 11 is 0. The van der Waals surface area contributed by atoms with E-state index >= 15 is 0 Å². The fraction of sp³-hybridized carbons (Fsp3) is 0.190. The van der Waals surface area contributed by atoms with Gasteiger partial charge in [-0.3, -0.25) is 9.59 Å². The van der Waals surface area contributed by atoms with Crippen molar-refractivity contribution < 1.29 is 22.8 Å². The van der Waals surface area contributed by atoms with Gasteiger partial charge in [0.2, 0.25) is 11.8 Å². The van der Waals surface area contributed by atoms with Gasteiger partial charge >= 0.3 is 6.18 Å². The van der Waals surface area contributed by atoms with E-state index in [1.807, 2.05) is 30.3 Å². The molecule has 0 spiro atoms. The molecule has 0 aliphatic heterocycles. The van der Waals surface area contributed by atoms with Crippen LogP contribution in [0.3, 0.4) is 0 Å². The Bertz CT molecular complexity index is 1050. The smallest absolute Gasteiger partial charge is 0.326 e. The Morgan fingerprint density at radius 2 is 1.80 bits per heavy atom. The second-order valence-electron chi connectivity index (χ2n) is 6.62. The van der Waals surface area contributed by atoms with Crippen molar-refractivity contribution in [1.82, 2.24) is 9.78 Å². The quantitative estimate of drug-likeness (QED) is 0.625. The SMILES string of the molecule is CC(=O)Nc1ccc(NC(=O)CCc2cnn(-c3ccccc3)c2)c(C(F)(F)F)c1. The lowest BCUT2D eigenvalue weighted by molar-refractivity contribution is -0.137. The molecule has 1 heterocycles. The van der Waals surface area contributed by atoms with E-state index in [1.54, 1.807) is 17.1 Å². The van der Waals surface area contributed by atoms with Crippen LogP contribution >= 0.6 is 0 Å². The van der Waals surface area contributed by atoms with Gasteiger partial charge in [-0.25, -0.2) is 4.68 Å². The number of hydrogen-bond acceptors (Lipinski definition) is 3. The molecule has 0 saturated heterocycles. The normalized spacial score (nSPS) is 11.2. The van der Waals surface area contributed by atoms with Gasteiger partial charge in [-0.2, -0.15) is 18.3 Å². The lowest BCUT2D eigenvalue weighted by Crippen LogP contribution is -2.17. The van der Waals surface area contributed by atoms with E-state index in [1.165, 1.54) is 13.0 Å². The summed E-state index contributed by atoms with van der Waals surface area (Å²) in [7, 11) is 0. The molecule has 2 amide bonds. The van der Waals surface area contributed by atoms with Crippen molar-refractivity contribution in [3.8, 4) is 5.69 Å². The highest BCUT2D eigenvalue weighted by atomic mass is 19.4. The maximum Gasteiger partial charge on any atom is 0.418 e. The van der Waals surface area contributed by atoms with E-state index in [4.69, 9.17) is 0 Å². The number of aromatic nitrogens is 2. The molecule has 156 valence electrons. The van der Waals surface area contributed by atoms with Gasteiger partial charge in [-0.05, 0) is 42.3 Å². The summed E-state index contributed by atoms with van der Waals surface area (Å²) in [6, 6.07) is 12.6. The van der Waals surface area contributed by atoms with Crippen LogP contribution in [0.15, 0.2) is 60.9 Å². The molecule has 0 fully saturated rings. The maximum absolute atomic E-state index is 13.4. The number of para-hydroxylation sites is 1. The molecule has 3 rings (SSSR count). The molecular formula is C21H19F3N4O2. The maximum atomic E-state index is 13.4. The summed E-state index contributed by atoms with van der Waals surface area (Å²) in [5, 5.41) is 8.84. The predicted molar refractivity (Wildman–Crippen MR) is 106 cm³/mol. The number of halogens is 3. The number of anilines is 2. The zero-order valence-corrected chi connectivity index (χ0v) is 16.0. The van der Waals surface area contributed by atoms with Crippen molar-refractivity contribution in [2.75, 3.05) is 10.6 Å². The van der Waals surface area contributed by atoms with Gasteiger partial charge in [0.1, 0.15) is 0 Å². The molecule has 0 atom stereocenters. The highest BCUT2D eigenvalue weighted by molar-refractivity contribution is 5.93. The third-order valence-corrected chi connectivity index (χ3v) is 4.22. The monoisotopic (exact) mass is 416 g/mol. The minimum absolute atomic E-state index is 0.00106. The van der Waals surface area contributed by atoms with E-state index in [0.29, 0.717) is 6.42 Å². The Morgan fingerprint density at radius 3 is 2.47 bits per heavy atom. The highest BCUT2D eigenvalue weighted by Gasteiger charge is 2.34. The Hall–Kier alpha value is -3.62. The fourth-order valence-electron chi connectivity index (χ4n) is 2.85. The van der Waals surface area contributed by atoms with Crippen LogP contribution in [-0.4, -0.2) is 21.6 Å². The number of aryl methyl sites for hydroxylation is 1. The molecule has 9 heteroatoms. The molecule has 6 nitrogen and oxygen atoms in total. The average molecular weight is 416 g/mol. The minimum Gasteiger partial charge on any atom is -0.326 e.